The second kappa shape index (κ2) is 7.36. The zero-order valence-electron chi connectivity index (χ0n) is 14.2. The van der Waals surface area contributed by atoms with Crippen LogP contribution in [0, 0.1) is 13.8 Å². The van der Waals surface area contributed by atoms with Gasteiger partial charge in [0.25, 0.3) is 0 Å². The standard InChI is InChI=1S/C18H23ClN4O/c1-14-11-15(2)23(20-14)13-18(24)22-9-7-21(8-10-22)12-16-5-3-4-6-17(16)19/h3-6,11H,7-10,12-13H2,1-2H3. The molecule has 0 radical (unpaired) electrons. The highest BCUT2D eigenvalue weighted by molar-refractivity contribution is 6.31. The molecule has 0 unspecified atom stereocenters. The van der Waals surface area contributed by atoms with Crippen LogP contribution in [0.1, 0.15) is 17.0 Å². The minimum atomic E-state index is 0.138. The van der Waals surface area contributed by atoms with Gasteiger partial charge >= 0.3 is 0 Å². The SMILES string of the molecule is Cc1cc(C)n(CC(=O)N2CCN(Cc3ccccc3Cl)CC2)n1. The Labute approximate surface area is 147 Å². The van der Waals surface area contributed by atoms with Gasteiger partial charge in [-0.25, -0.2) is 0 Å². The lowest BCUT2D eigenvalue weighted by atomic mass is 10.2. The van der Waals surface area contributed by atoms with Gasteiger partial charge in [0.05, 0.1) is 5.69 Å². The van der Waals surface area contributed by atoms with Crippen molar-refractivity contribution < 1.29 is 4.79 Å². The maximum absolute atomic E-state index is 12.5. The van der Waals surface area contributed by atoms with Crippen LogP contribution in [0.2, 0.25) is 5.02 Å². The second-order valence-corrected chi connectivity index (χ2v) is 6.74. The first-order chi connectivity index (χ1) is 11.5. The molecule has 1 saturated heterocycles. The molecule has 6 heteroatoms. The Hall–Kier alpha value is -1.85. The van der Waals surface area contributed by atoms with Crippen LogP contribution in [-0.4, -0.2) is 51.7 Å². The summed E-state index contributed by atoms with van der Waals surface area (Å²) in [5.41, 5.74) is 3.12. The Kier molecular flexibility index (Phi) is 5.21. The average Bonchev–Trinajstić information content (AvgIpc) is 2.88. The number of hydrogen-bond donors (Lipinski definition) is 0. The molecule has 1 aromatic carbocycles. The molecule has 0 saturated carbocycles. The third kappa shape index (κ3) is 3.97. The second-order valence-electron chi connectivity index (χ2n) is 6.33. The lowest BCUT2D eigenvalue weighted by Gasteiger charge is -2.35. The quantitative estimate of drug-likeness (QED) is 0.854. The van der Waals surface area contributed by atoms with E-state index >= 15 is 0 Å². The molecule has 1 aliphatic rings. The summed E-state index contributed by atoms with van der Waals surface area (Å²) in [4.78, 5) is 16.7. The number of aromatic nitrogens is 2. The van der Waals surface area contributed by atoms with Gasteiger partial charge in [0, 0.05) is 43.4 Å². The van der Waals surface area contributed by atoms with Gasteiger partial charge < -0.3 is 4.90 Å². The van der Waals surface area contributed by atoms with Crippen molar-refractivity contribution in [1.29, 1.82) is 0 Å². The molecule has 0 N–H and O–H groups in total. The lowest BCUT2D eigenvalue weighted by Crippen LogP contribution is -2.49. The van der Waals surface area contributed by atoms with Crippen molar-refractivity contribution in [1.82, 2.24) is 19.6 Å². The summed E-state index contributed by atoms with van der Waals surface area (Å²) >= 11 is 6.23. The van der Waals surface area contributed by atoms with Crippen molar-refractivity contribution >= 4 is 17.5 Å². The summed E-state index contributed by atoms with van der Waals surface area (Å²) in [6.07, 6.45) is 0. The van der Waals surface area contributed by atoms with Crippen molar-refractivity contribution in [2.45, 2.75) is 26.9 Å². The summed E-state index contributed by atoms with van der Waals surface area (Å²) in [6, 6.07) is 9.93. The normalized spacial score (nSPS) is 15.7. The van der Waals surface area contributed by atoms with Crippen molar-refractivity contribution in [3.63, 3.8) is 0 Å². The predicted molar refractivity (Wildman–Crippen MR) is 95.0 cm³/mol. The molecule has 1 fully saturated rings. The summed E-state index contributed by atoms with van der Waals surface area (Å²) in [6.45, 7) is 8.33. The Balaban J connectivity index is 1.52. The number of hydrogen-bond acceptors (Lipinski definition) is 3. The topological polar surface area (TPSA) is 41.4 Å². The van der Waals surface area contributed by atoms with Crippen molar-refractivity contribution in [2.75, 3.05) is 26.2 Å². The van der Waals surface area contributed by atoms with Crippen LogP contribution in [0.25, 0.3) is 0 Å². The van der Waals surface area contributed by atoms with Crippen LogP contribution in [0.4, 0.5) is 0 Å². The van der Waals surface area contributed by atoms with Crippen LogP contribution in [0.5, 0.6) is 0 Å². The summed E-state index contributed by atoms with van der Waals surface area (Å²) in [7, 11) is 0. The number of nitrogens with zero attached hydrogens (tertiary/aromatic N) is 4. The van der Waals surface area contributed by atoms with Gasteiger partial charge in [-0.1, -0.05) is 29.8 Å². The molecule has 0 bridgehead atoms. The van der Waals surface area contributed by atoms with Gasteiger partial charge in [-0.2, -0.15) is 5.10 Å². The fraction of sp³-hybridized carbons (Fsp3) is 0.444. The van der Waals surface area contributed by atoms with Crippen LogP contribution in [0.3, 0.4) is 0 Å². The number of carbonyl (C=O) groups is 1. The fourth-order valence-electron chi connectivity index (χ4n) is 3.09. The van der Waals surface area contributed by atoms with E-state index in [4.69, 9.17) is 11.6 Å². The molecule has 3 rings (SSSR count). The van der Waals surface area contributed by atoms with Gasteiger partial charge in [-0.3, -0.25) is 14.4 Å². The molecule has 0 spiro atoms. The maximum atomic E-state index is 12.5. The highest BCUT2D eigenvalue weighted by Gasteiger charge is 2.22. The molecule has 1 aliphatic heterocycles. The Morgan fingerprint density at radius 2 is 1.88 bits per heavy atom. The van der Waals surface area contributed by atoms with Gasteiger partial charge in [0.2, 0.25) is 5.91 Å². The molecule has 2 heterocycles. The van der Waals surface area contributed by atoms with Crippen molar-refractivity contribution in [2.24, 2.45) is 0 Å². The van der Waals surface area contributed by atoms with Crippen LogP contribution < -0.4 is 0 Å². The maximum Gasteiger partial charge on any atom is 0.244 e. The molecular weight excluding hydrogens is 324 g/mol. The number of aryl methyl sites for hydroxylation is 2. The van der Waals surface area contributed by atoms with E-state index in [-0.39, 0.29) is 5.91 Å². The van der Waals surface area contributed by atoms with Crippen LogP contribution >= 0.6 is 11.6 Å². The first-order valence-electron chi connectivity index (χ1n) is 8.27. The van der Waals surface area contributed by atoms with Gasteiger partial charge in [0.1, 0.15) is 6.54 Å². The third-order valence-electron chi connectivity index (χ3n) is 4.47. The molecule has 0 atom stereocenters. The highest BCUT2D eigenvalue weighted by atomic mass is 35.5. The largest absolute Gasteiger partial charge is 0.339 e. The molecule has 1 aromatic heterocycles. The zero-order valence-corrected chi connectivity index (χ0v) is 15.0. The molecule has 24 heavy (non-hydrogen) atoms. The lowest BCUT2D eigenvalue weighted by molar-refractivity contribution is -0.133. The number of amides is 1. The Morgan fingerprint density at radius 3 is 2.50 bits per heavy atom. The van der Waals surface area contributed by atoms with E-state index in [0.717, 1.165) is 54.7 Å². The van der Waals surface area contributed by atoms with E-state index < -0.39 is 0 Å². The van der Waals surface area contributed by atoms with E-state index in [0.29, 0.717) is 6.54 Å². The number of rotatable bonds is 4. The minimum absolute atomic E-state index is 0.138. The number of halogens is 1. The first-order valence-corrected chi connectivity index (χ1v) is 8.65. The zero-order chi connectivity index (χ0) is 17.1. The van der Waals surface area contributed by atoms with Gasteiger partial charge in [0.15, 0.2) is 0 Å². The third-order valence-corrected chi connectivity index (χ3v) is 4.83. The molecule has 2 aromatic rings. The van der Waals surface area contributed by atoms with Crippen LogP contribution in [0.15, 0.2) is 30.3 Å². The van der Waals surface area contributed by atoms with E-state index in [2.05, 4.69) is 16.1 Å². The number of benzene rings is 1. The van der Waals surface area contributed by atoms with E-state index in [9.17, 15) is 4.79 Å². The summed E-state index contributed by atoms with van der Waals surface area (Å²) < 4.78 is 1.79. The molecule has 0 aliphatic carbocycles. The number of piperazine rings is 1. The monoisotopic (exact) mass is 346 g/mol. The van der Waals surface area contributed by atoms with Crippen LogP contribution in [-0.2, 0) is 17.9 Å². The van der Waals surface area contributed by atoms with E-state index in [1.54, 1.807) is 4.68 Å². The summed E-state index contributed by atoms with van der Waals surface area (Å²) in [5.74, 6) is 0.138. The predicted octanol–water partition coefficient (Wildman–Crippen LogP) is 2.50. The summed E-state index contributed by atoms with van der Waals surface area (Å²) in [5, 5.41) is 5.18. The number of carbonyl (C=O) groups excluding carboxylic acids is 1. The van der Waals surface area contributed by atoms with Gasteiger partial charge in [-0.05, 0) is 31.5 Å². The molecule has 1 amide bonds. The average molecular weight is 347 g/mol. The Morgan fingerprint density at radius 1 is 1.17 bits per heavy atom. The molecular formula is C18H23ClN4O. The fourth-order valence-corrected chi connectivity index (χ4v) is 3.28. The van der Waals surface area contributed by atoms with E-state index in [1.807, 2.05) is 43.0 Å². The Bertz CT molecular complexity index is 720. The smallest absolute Gasteiger partial charge is 0.244 e. The molecule has 128 valence electrons. The minimum Gasteiger partial charge on any atom is -0.339 e. The van der Waals surface area contributed by atoms with E-state index in [1.165, 1.54) is 0 Å². The van der Waals surface area contributed by atoms with Crippen molar-refractivity contribution in [3.8, 4) is 0 Å². The highest BCUT2D eigenvalue weighted by Crippen LogP contribution is 2.18. The van der Waals surface area contributed by atoms with Gasteiger partial charge in [-0.15, -0.1) is 0 Å². The first kappa shape index (κ1) is 17.0. The molecule has 5 nitrogen and oxygen atoms in total. The van der Waals surface area contributed by atoms with Crippen molar-refractivity contribution in [3.05, 3.63) is 52.3 Å².